The van der Waals surface area contributed by atoms with Gasteiger partial charge in [0.1, 0.15) is 48.8 Å². The van der Waals surface area contributed by atoms with Gasteiger partial charge >= 0.3 is 0 Å². The summed E-state index contributed by atoms with van der Waals surface area (Å²) in [6.07, 6.45) is -13.9. The first-order valence-electron chi connectivity index (χ1n) is 7.12. The van der Waals surface area contributed by atoms with Crippen molar-refractivity contribution in [3.8, 4) is 0 Å². The zero-order valence-electron chi connectivity index (χ0n) is 12.6. The molecule has 12 heteroatoms. The Bertz CT molecular complexity index is 398. The molecule has 1 rings (SSSR count). The van der Waals surface area contributed by atoms with Crippen molar-refractivity contribution in [3.05, 3.63) is 0 Å². The second kappa shape index (κ2) is 9.53. The predicted molar refractivity (Wildman–Crippen MR) is 76.4 cm³/mol. The van der Waals surface area contributed by atoms with E-state index in [1.807, 2.05) is 0 Å². The molecule has 142 valence electrons. The minimum absolute atomic E-state index is 0.686. The monoisotopic (exact) mass is 356 g/mol. The zero-order valence-corrected chi connectivity index (χ0v) is 12.6. The fourth-order valence-electron chi connectivity index (χ4n) is 2.15. The van der Waals surface area contributed by atoms with Crippen LogP contribution in [0.15, 0.2) is 5.10 Å². The maximum absolute atomic E-state index is 9.98. The molecule has 0 saturated carbocycles. The topological polar surface area (TPSA) is 219 Å². The highest BCUT2D eigenvalue weighted by molar-refractivity contribution is 5.63. The Kier molecular flexibility index (Phi) is 8.38. The van der Waals surface area contributed by atoms with E-state index in [0.29, 0.717) is 0 Å². The van der Waals surface area contributed by atoms with E-state index in [0.717, 1.165) is 6.21 Å². The van der Waals surface area contributed by atoms with Gasteiger partial charge in [0.2, 0.25) is 0 Å². The van der Waals surface area contributed by atoms with E-state index in [1.165, 1.54) is 0 Å². The maximum atomic E-state index is 9.98. The van der Waals surface area contributed by atoms with Crippen LogP contribution >= 0.6 is 0 Å². The van der Waals surface area contributed by atoms with Gasteiger partial charge < -0.3 is 56.2 Å². The van der Waals surface area contributed by atoms with E-state index in [1.54, 1.807) is 0 Å². The van der Waals surface area contributed by atoms with Crippen LogP contribution in [-0.4, -0.2) is 115 Å². The molecular weight excluding hydrogens is 332 g/mol. The van der Waals surface area contributed by atoms with Gasteiger partial charge in [0.15, 0.2) is 6.29 Å². The van der Waals surface area contributed by atoms with Gasteiger partial charge in [-0.25, -0.2) is 0 Å². The number of hydrazone groups is 1. The Hall–Kier alpha value is -0.930. The summed E-state index contributed by atoms with van der Waals surface area (Å²) in [6.45, 7) is -1.53. The van der Waals surface area contributed by atoms with Gasteiger partial charge in [0.05, 0.1) is 19.4 Å². The van der Waals surface area contributed by atoms with Crippen molar-refractivity contribution in [2.45, 2.75) is 55.1 Å². The summed E-state index contributed by atoms with van der Waals surface area (Å²) in [5, 5.41) is 79.2. The van der Waals surface area contributed by atoms with E-state index < -0.39 is 68.3 Å². The summed E-state index contributed by atoms with van der Waals surface area (Å²) < 4.78 is 10.3. The zero-order chi connectivity index (χ0) is 18.4. The summed E-state index contributed by atoms with van der Waals surface area (Å²) in [5.41, 5.74) is 0. The summed E-state index contributed by atoms with van der Waals surface area (Å²) in [5.74, 6) is 4.97. The Morgan fingerprint density at radius 1 is 1.04 bits per heavy atom. The number of hydrogen-bond acceptors (Lipinski definition) is 12. The first kappa shape index (κ1) is 21.1. The molecular formula is C12H24N2O10. The third-order valence-corrected chi connectivity index (χ3v) is 3.64. The first-order chi connectivity index (χ1) is 11.3. The molecule has 9 atom stereocenters. The van der Waals surface area contributed by atoms with Crippen molar-refractivity contribution >= 4 is 6.21 Å². The van der Waals surface area contributed by atoms with Gasteiger partial charge in [-0.3, -0.25) is 0 Å². The average molecular weight is 356 g/mol. The van der Waals surface area contributed by atoms with Gasteiger partial charge in [0.25, 0.3) is 0 Å². The van der Waals surface area contributed by atoms with Gasteiger partial charge in [0, 0.05) is 0 Å². The van der Waals surface area contributed by atoms with Crippen molar-refractivity contribution in [3.63, 3.8) is 0 Å². The number of nitrogens with two attached hydrogens (primary N) is 1. The molecule has 1 saturated heterocycles. The highest BCUT2D eigenvalue weighted by Gasteiger charge is 2.45. The Morgan fingerprint density at radius 2 is 1.67 bits per heavy atom. The van der Waals surface area contributed by atoms with E-state index in [-0.39, 0.29) is 0 Å². The fraction of sp³-hybridized carbons (Fsp3) is 0.917. The quantitative estimate of drug-likeness (QED) is 0.113. The Balaban J connectivity index is 2.87. The minimum Gasteiger partial charge on any atom is -0.394 e. The molecule has 0 aromatic carbocycles. The standard InChI is InChI=1S/C12H24N2O10/c13-14-1-5(8(19)7(18)4(17)2-15)23-12-11(22)10(21)9(20)6(3-16)24-12/h1,4-12,15-22H,2-3,13H2/b14-1+/t4-,5+,6-,7-,8-,9-,10+,11-,12-/m1/s1. The minimum atomic E-state index is -1.84. The molecule has 0 spiro atoms. The van der Waals surface area contributed by atoms with Crippen LogP contribution in [0.4, 0.5) is 0 Å². The van der Waals surface area contributed by atoms with Crippen LogP contribution in [0.2, 0.25) is 0 Å². The molecule has 0 bridgehead atoms. The first-order valence-corrected chi connectivity index (χ1v) is 7.12. The number of ether oxygens (including phenoxy) is 2. The molecule has 0 aliphatic carbocycles. The highest BCUT2D eigenvalue weighted by atomic mass is 16.7. The van der Waals surface area contributed by atoms with Gasteiger partial charge in [-0.05, 0) is 0 Å². The number of nitrogens with zero attached hydrogens (tertiary/aromatic N) is 1. The molecule has 0 radical (unpaired) electrons. The van der Waals surface area contributed by atoms with Gasteiger partial charge in [-0.15, -0.1) is 0 Å². The summed E-state index contributed by atoms with van der Waals surface area (Å²) in [7, 11) is 0. The van der Waals surface area contributed by atoms with E-state index in [9.17, 15) is 30.6 Å². The molecule has 1 aliphatic rings. The smallest absolute Gasteiger partial charge is 0.187 e. The van der Waals surface area contributed by atoms with Crippen LogP contribution in [0.1, 0.15) is 0 Å². The van der Waals surface area contributed by atoms with Crippen LogP contribution in [0.3, 0.4) is 0 Å². The number of aliphatic hydroxyl groups is 8. The summed E-state index contributed by atoms with van der Waals surface area (Å²) in [4.78, 5) is 0. The molecule has 1 fully saturated rings. The third-order valence-electron chi connectivity index (χ3n) is 3.64. The Labute approximate surface area is 137 Å². The van der Waals surface area contributed by atoms with Crippen molar-refractivity contribution < 1.29 is 50.3 Å². The fourth-order valence-corrected chi connectivity index (χ4v) is 2.15. The van der Waals surface area contributed by atoms with Crippen molar-refractivity contribution in [2.75, 3.05) is 13.2 Å². The number of hydrogen-bond donors (Lipinski definition) is 9. The molecule has 0 unspecified atom stereocenters. The highest BCUT2D eigenvalue weighted by Crippen LogP contribution is 2.23. The third kappa shape index (κ3) is 4.80. The lowest BCUT2D eigenvalue weighted by Gasteiger charge is -2.41. The predicted octanol–water partition coefficient (Wildman–Crippen LogP) is -5.81. The lowest BCUT2D eigenvalue weighted by molar-refractivity contribution is -0.312. The lowest BCUT2D eigenvalue weighted by Crippen LogP contribution is -2.60. The van der Waals surface area contributed by atoms with Crippen LogP contribution in [-0.2, 0) is 9.47 Å². The van der Waals surface area contributed by atoms with Crippen molar-refractivity contribution in [1.29, 1.82) is 0 Å². The Morgan fingerprint density at radius 3 is 2.17 bits per heavy atom. The average Bonchev–Trinajstić information content (AvgIpc) is 2.59. The van der Waals surface area contributed by atoms with E-state index >= 15 is 0 Å². The molecule has 1 aliphatic heterocycles. The number of aliphatic hydroxyl groups excluding tert-OH is 8. The number of rotatable bonds is 8. The summed E-state index contributed by atoms with van der Waals surface area (Å²) in [6, 6.07) is 0. The lowest BCUT2D eigenvalue weighted by atomic mass is 9.99. The van der Waals surface area contributed by atoms with Crippen LogP contribution < -0.4 is 5.84 Å². The van der Waals surface area contributed by atoms with Crippen molar-refractivity contribution in [2.24, 2.45) is 10.9 Å². The maximum Gasteiger partial charge on any atom is 0.187 e. The molecule has 0 amide bonds. The van der Waals surface area contributed by atoms with Gasteiger partial charge in [-0.1, -0.05) is 0 Å². The normalized spacial score (nSPS) is 36.4. The second-order valence-corrected chi connectivity index (χ2v) is 5.33. The SMILES string of the molecule is N/N=C/[C@H](O[C@@H]1O[C@H](CO)[C@@H](O)[C@H](O)[C@H]1O)[C@@H](O)[C@H](O)[C@H](O)CO. The summed E-state index contributed by atoms with van der Waals surface area (Å²) >= 11 is 0. The van der Waals surface area contributed by atoms with E-state index in [4.69, 9.17) is 25.5 Å². The van der Waals surface area contributed by atoms with Crippen LogP contribution in [0, 0.1) is 0 Å². The molecule has 0 aromatic heterocycles. The molecule has 24 heavy (non-hydrogen) atoms. The molecule has 1 heterocycles. The van der Waals surface area contributed by atoms with Crippen LogP contribution in [0.25, 0.3) is 0 Å². The second-order valence-electron chi connectivity index (χ2n) is 5.33. The van der Waals surface area contributed by atoms with E-state index in [2.05, 4.69) is 5.10 Å². The van der Waals surface area contributed by atoms with Crippen LogP contribution in [0.5, 0.6) is 0 Å². The molecule has 12 nitrogen and oxygen atoms in total. The van der Waals surface area contributed by atoms with Gasteiger partial charge in [-0.2, -0.15) is 5.10 Å². The molecule has 10 N–H and O–H groups in total. The van der Waals surface area contributed by atoms with Crippen molar-refractivity contribution in [1.82, 2.24) is 0 Å². The molecule has 0 aromatic rings. The largest absolute Gasteiger partial charge is 0.394 e.